The highest BCUT2D eigenvalue weighted by molar-refractivity contribution is 4.87. The van der Waals surface area contributed by atoms with Crippen LogP contribution in [0.25, 0.3) is 0 Å². The van der Waals surface area contributed by atoms with Crippen LogP contribution < -0.4 is 5.32 Å². The van der Waals surface area contributed by atoms with Gasteiger partial charge < -0.3 is 5.32 Å². The molecule has 0 aromatic rings. The Labute approximate surface area is 82.0 Å². The third kappa shape index (κ3) is 3.12. The second-order valence-electron chi connectivity index (χ2n) is 3.99. The lowest BCUT2D eigenvalue weighted by Crippen LogP contribution is -2.55. The molecular weight excluding hydrogens is 160 g/mol. The van der Waals surface area contributed by atoms with Crippen LogP contribution in [0, 0.1) is 0 Å². The molecule has 1 aliphatic rings. The Morgan fingerprint density at radius 1 is 1.62 bits per heavy atom. The van der Waals surface area contributed by atoms with Crippen molar-refractivity contribution < 1.29 is 0 Å². The van der Waals surface area contributed by atoms with Gasteiger partial charge in [0.15, 0.2) is 0 Å². The quantitative estimate of drug-likeness (QED) is 0.665. The molecule has 0 aromatic heterocycles. The number of nitrogens with zero attached hydrogens (tertiary/aromatic N) is 1. The van der Waals surface area contributed by atoms with Crippen LogP contribution >= 0.6 is 0 Å². The smallest absolute Gasteiger partial charge is 0.0196 e. The van der Waals surface area contributed by atoms with Crippen molar-refractivity contribution in [3.05, 3.63) is 12.7 Å². The molecule has 0 aliphatic carbocycles. The Hall–Kier alpha value is -0.340. The van der Waals surface area contributed by atoms with Crippen molar-refractivity contribution in [2.75, 3.05) is 19.6 Å². The molecule has 2 atom stereocenters. The van der Waals surface area contributed by atoms with E-state index >= 15 is 0 Å². The highest BCUT2D eigenvalue weighted by atomic mass is 15.2. The van der Waals surface area contributed by atoms with E-state index in [9.17, 15) is 0 Å². The Morgan fingerprint density at radius 3 is 3.00 bits per heavy atom. The van der Waals surface area contributed by atoms with E-state index in [1.54, 1.807) is 0 Å². The van der Waals surface area contributed by atoms with Gasteiger partial charge in [-0.1, -0.05) is 19.4 Å². The molecule has 2 heteroatoms. The molecule has 76 valence electrons. The van der Waals surface area contributed by atoms with Crippen molar-refractivity contribution in [1.82, 2.24) is 10.2 Å². The highest BCUT2D eigenvalue weighted by Crippen LogP contribution is 2.09. The molecule has 1 N–H and O–H groups in total. The SMILES string of the molecule is C=CCN1CC(CCC)NCC1C. The van der Waals surface area contributed by atoms with E-state index in [0.717, 1.165) is 13.1 Å². The molecule has 1 heterocycles. The van der Waals surface area contributed by atoms with Gasteiger partial charge in [-0.05, 0) is 13.3 Å². The Kier molecular flexibility index (Phi) is 4.46. The van der Waals surface area contributed by atoms with E-state index in [1.165, 1.54) is 19.4 Å². The van der Waals surface area contributed by atoms with Gasteiger partial charge in [0.25, 0.3) is 0 Å². The van der Waals surface area contributed by atoms with Crippen LogP contribution in [0.5, 0.6) is 0 Å². The maximum Gasteiger partial charge on any atom is 0.0196 e. The van der Waals surface area contributed by atoms with E-state index < -0.39 is 0 Å². The zero-order chi connectivity index (χ0) is 9.68. The van der Waals surface area contributed by atoms with Crippen molar-refractivity contribution in [1.29, 1.82) is 0 Å². The molecule has 0 bridgehead atoms. The molecule has 0 saturated carbocycles. The van der Waals surface area contributed by atoms with Gasteiger partial charge in [0.2, 0.25) is 0 Å². The summed E-state index contributed by atoms with van der Waals surface area (Å²) in [7, 11) is 0. The Morgan fingerprint density at radius 2 is 2.38 bits per heavy atom. The minimum atomic E-state index is 0.658. The Bertz CT molecular complexity index is 156. The molecule has 1 aliphatic heterocycles. The molecule has 1 rings (SSSR count). The number of hydrogen-bond acceptors (Lipinski definition) is 2. The van der Waals surface area contributed by atoms with Crippen LogP contribution in [0.3, 0.4) is 0 Å². The molecule has 0 radical (unpaired) electrons. The van der Waals surface area contributed by atoms with Crippen LogP contribution in [0.2, 0.25) is 0 Å². The summed E-state index contributed by atoms with van der Waals surface area (Å²) in [6.45, 7) is 11.7. The number of piperazine rings is 1. The number of hydrogen-bond donors (Lipinski definition) is 1. The fourth-order valence-electron chi connectivity index (χ4n) is 1.96. The largest absolute Gasteiger partial charge is 0.311 e. The summed E-state index contributed by atoms with van der Waals surface area (Å²) < 4.78 is 0. The van der Waals surface area contributed by atoms with Gasteiger partial charge in [-0.25, -0.2) is 0 Å². The highest BCUT2D eigenvalue weighted by Gasteiger charge is 2.22. The fourth-order valence-corrected chi connectivity index (χ4v) is 1.96. The average molecular weight is 182 g/mol. The minimum Gasteiger partial charge on any atom is -0.311 e. The average Bonchev–Trinajstić information content (AvgIpc) is 2.12. The molecule has 0 spiro atoms. The summed E-state index contributed by atoms with van der Waals surface area (Å²) in [5, 5.41) is 3.58. The molecule has 0 amide bonds. The summed E-state index contributed by atoms with van der Waals surface area (Å²) >= 11 is 0. The number of nitrogens with one attached hydrogen (secondary N) is 1. The topological polar surface area (TPSA) is 15.3 Å². The third-order valence-electron chi connectivity index (χ3n) is 2.78. The second-order valence-corrected chi connectivity index (χ2v) is 3.99. The van der Waals surface area contributed by atoms with Crippen molar-refractivity contribution >= 4 is 0 Å². The normalized spacial score (nSPS) is 30.3. The summed E-state index contributed by atoms with van der Waals surface area (Å²) in [5.74, 6) is 0. The van der Waals surface area contributed by atoms with Crippen LogP contribution in [-0.4, -0.2) is 36.6 Å². The van der Waals surface area contributed by atoms with E-state index in [-0.39, 0.29) is 0 Å². The van der Waals surface area contributed by atoms with Gasteiger partial charge in [0.05, 0.1) is 0 Å². The maximum atomic E-state index is 3.80. The summed E-state index contributed by atoms with van der Waals surface area (Å²) in [4.78, 5) is 2.50. The Balaban J connectivity index is 2.37. The number of rotatable bonds is 4. The predicted molar refractivity (Wildman–Crippen MR) is 57.9 cm³/mol. The van der Waals surface area contributed by atoms with Gasteiger partial charge in [0, 0.05) is 31.7 Å². The van der Waals surface area contributed by atoms with Gasteiger partial charge in [-0.3, -0.25) is 4.90 Å². The lowest BCUT2D eigenvalue weighted by molar-refractivity contribution is 0.152. The van der Waals surface area contributed by atoms with E-state index in [2.05, 4.69) is 30.6 Å². The van der Waals surface area contributed by atoms with Crippen LogP contribution in [-0.2, 0) is 0 Å². The van der Waals surface area contributed by atoms with Crippen LogP contribution in [0.4, 0.5) is 0 Å². The maximum absolute atomic E-state index is 3.80. The summed E-state index contributed by atoms with van der Waals surface area (Å²) in [6.07, 6.45) is 4.57. The molecule has 1 saturated heterocycles. The van der Waals surface area contributed by atoms with Crippen molar-refractivity contribution in [3.63, 3.8) is 0 Å². The standard InChI is InChI=1S/C11H22N2/c1-4-6-11-9-13(7-5-2)10(3)8-12-11/h5,10-12H,2,4,6-9H2,1,3H3. The molecular formula is C11H22N2. The molecule has 13 heavy (non-hydrogen) atoms. The first-order chi connectivity index (χ1) is 6.27. The lowest BCUT2D eigenvalue weighted by atomic mass is 10.1. The van der Waals surface area contributed by atoms with Gasteiger partial charge >= 0.3 is 0 Å². The first kappa shape index (κ1) is 10.7. The zero-order valence-corrected chi connectivity index (χ0v) is 8.92. The minimum absolute atomic E-state index is 0.658. The van der Waals surface area contributed by atoms with Gasteiger partial charge in [0.1, 0.15) is 0 Å². The fraction of sp³-hybridized carbons (Fsp3) is 0.818. The van der Waals surface area contributed by atoms with Crippen LogP contribution in [0.1, 0.15) is 26.7 Å². The molecule has 2 nitrogen and oxygen atoms in total. The molecule has 0 aromatic carbocycles. The molecule has 1 fully saturated rings. The van der Waals surface area contributed by atoms with E-state index in [4.69, 9.17) is 0 Å². The predicted octanol–water partition coefficient (Wildman–Crippen LogP) is 1.63. The van der Waals surface area contributed by atoms with Crippen molar-refractivity contribution in [2.24, 2.45) is 0 Å². The van der Waals surface area contributed by atoms with Crippen LogP contribution in [0.15, 0.2) is 12.7 Å². The van der Waals surface area contributed by atoms with Gasteiger partial charge in [-0.15, -0.1) is 6.58 Å². The lowest BCUT2D eigenvalue weighted by Gasteiger charge is -2.38. The van der Waals surface area contributed by atoms with Crippen molar-refractivity contribution in [3.8, 4) is 0 Å². The first-order valence-corrected chi connectivity index (χ1v) is 5.36. The van der Waals surface area contributed by atoms with E-state index in [0.29, 0.717) is 12.1 Å². The monoisotopic (exact) mass is 182 g/mol. The van der Waals surface area contributed by atoms with Crippen molar-refractivity contribution in [2.45, 2.75) is 38.8 Å². The van der Waals surface area contributed by atoms with Gasteiger partial charge in [-0.2, -0.15) is 0 Å². The zero-order valence-electron chi connectivity index (χ0n) is 8.92. The third-order valence-corrected chi connectivity index (χ3v) is 2.78. The first-order valence-electron chi connectivity index (χ1n) is 5.36. The summed E-state index contributed by atoms with van der Waals surface area (Å²) in [5.41, 5.74) is 0. The second kappa shape index (κ2) is 5.40. The van der Waals surface area contributed by atoms with E-state index in [1.807, 2.05) is 6.08 Å². The summed E-state index contributed by atoms with van der Waals surface area (Å²) in [6, 6.07) is 1.35. The molecule has 2 unspecified atom stereocenters.